The molecule has 3 unspecified atom stereocenters. The van der Waals surface area contributed by atoms with Crippen molar-refractivity contribution in [2.45, 2.75) is 44.4 Å². The quantitative estimate of drug-likeness (QED) is 0.111. The van der Waals surface area contributed by atoms with Crippen molar-refractivity contribution in [3.63, 3.8) is 0 Å². The Balaban J connectivity index is 0.000000138. The van der Waals surface area contributed by atoms with Crippen molar-refractivity contribution >= 4 is 57.4 Å². The minimum atomic E-state index is -0.446. The fourth-order valence-electron chi connectivity index (χ4n) is 8.20. The minimum absolute atomic E-state index is 0.446. The zero-order chi connectivity index (χ0) is 37.9. The van der Waals surface area contributed by atoms with Crippen LogP contribution in [0.1, 0.15) is 50.0 Å². The summed E-state index contributed by atoms with van der Waals surface area (Å²) in [6, 6.07) is 75.9. The Morgan fingerprint density at radius 2 is 0.600 bits per heavy atom. The number of hydrogen-bond acceptors (Lipinski definition) is 0. The van der Waals surface area contributed by atoms with Gasteiger partial charge in [-0.3, -0.25) is 0 Å². The Morgan fingerprint density at radius 1 is 0.327 bits per heavy atom. The predicted molar refractivity (Wildman–Crippen MR) is 240 cm³/mol. The molecule has 0 saturated heterocycles. The number of rotatable bonds is 7. The fraction of sp³-hybridized carbons (Fsp3) is 0.176. The van der Waals surface area contributed by atoms with Crippen LogP contribution in [0.4, 0.5) is 0 Å². The first-order chi connectivity index (χ1) is 27.3. The summed E-state index contributed by atoms with van der Waals surface area (Å²) in [5.74, 6) is 2.96. The van der Waals surface area contributed by atoms with Gasteiger partial charge in [0.05, 0.1) is 0 Å². The Kier molecular flexibility index (Phi) is 17.0. The molecule has 0 nitrogen and oxygen atoms in total. The van der Waals surface area contributed by atoms with Gasteiger partial charge in [0, 0.05) is 0 Å². The zero-order valence-electron chi connectivity index (χ0n) is 31.3. The first-order valence-electron chi connectivity index (χ1n) is 19.4. The number of fused-ring (bicyclic) bond motifs is 1. The molecule has 4 heteroatoms. The third kappa shape index (κ3) is 11.7. The number of hydrogen-bond donors (Lipinski definition) is 0. The van der Waals surface area contributed by atoms with Gasteiger partial charge in [-0.15, -0.1) is 0 Å². The molecule has 7 aromatic rings. The van der Waals surface area contributed by atoms with Crippen molar-refractivity contribution in [3.05, 3.63) is 218 Å². The van der Waals surface area contributed by atoms with Gasteiger partial charge in [0.1, 0.15) is 0 Å². The molecule has 3 atom stereocenters. The van der Waals surface area contributed by atoms with E-state index in [2.05, 4.69) is 222 Å². The average Bonchev–Trinajstić information content (AvgIpc) is 3.72. The maximum absolute atomic E-state index is 4.57. The topological polar surface area (TPSA) is 0 Å². The second-order valence-corrected chi connectivity index (χ2v) is 18.4. The van der Waals surface area contributed by atoms with Gasteiger partial charge in [0.15, 0.2) is 0 Å². The van der Waals surface area contributed by atoms with Crippen LogP contribution in [0.2, 0.25) is 0 Å². The van der Waals surface area contributed by atoms with E-state index < -0.39 is 15.8 Å². The van der Waals surface area contributed by atoms with Crippen LogP contribution in [0, 0.1) is 11.8 Å². The Bertz CT molecular complexity index is 1730. The molecule has 279 valence electrons. The van der Waals surface area contributed by atoms with Gasteiger partial charge in [-0.1, -0.05) is 232 Å². The molecule has 0 aliphatic heterocycles. The van der Waals surface area contributed by atoms with Crippen LogP contribution < -0.4 is 31.8 Å². The largest absolute Gasteiger partial charge is 0.0622 e. The molecule has 0 heterocycles. The predicted octanol–water partition coefficient (Wildman–Crippen LogP) is 11.9. The molecular weight excluding hydrogens is 811 g/mol. The molecule has 2 fully saturated rings. The first-order valence-corrected chi connectivity index (χ1v) is 24.4. The number of benzene rings is 7. The van der Waals surface area contributed by atoms with E-state index in [1.54, 1.807) is 5.56 Å². The maximum Gasteiger partial charge on any atom is -0.0131 e. The summed E-state index contributed by atoms with van der Waals surface area (Å²) in [5, 5.41) is 8.39. The van der Waals surface area contributed by atoms with Crippen LogP contribution in [0.15, 0.2) is 212 Å². The molecule has 9 rings (SSSR count). The van der Waals surface area contributed by atoms with Crippen molar-refractivity contribution in [2.24, 2.45) is 11.8 Å². The van der Waals surface area contributed by atoms with Crippen LogP contribution >= 0.6 is 25.5 Å². The zero-order valence-corrected chi connectivity index (χ0v) is 35.6. The van der Waals surface area contributed by atoms with E-state index >= 15 is 0 Å². The molecule has 0 spiro atoms. The fourth-order valence-corrected chi connectivity index (χ4v) is 12.8. The summed E-state index contributed by atoms with van der Waals surface area (Å²) in [4.78, 5) is 0. The van der Waals surface area contributed by atoms with Crippen molar-refractivity contribution < 1.29 is 17.3 Å². The Hall–Kier alpha value is -3.69. The third-order valence-corrected chi connectivity index (χ3v) is 15.5. The van der Waals surface area contributed by atoms with Crippen molar-refractivity contribution in [3.8, 4) is 0 Å². The van der Waals surface area contributed by atoms with Crippen LogP contribution in [-0.2, 0) is 17.3 Å². The summed E-state index contributed by atoms with van der Waals surface area (Å²) >= 11 is 1.82. The van der Waals surface area contributed by atoms with E-state index in [0.29, 0.717) is 0 Å². The van der Waals surface area contributed by atoms with Crippen LogP contribution in [-0.4, -0.2) is 0 Å². The molecule has 2 saturated carbocycles. The summed E-state index contributed by atoms with van der Waals surface area (Å²) in [6.45, 7) is 0. The second kappa shape index (κ2) is 22.8. The average molecular weight is 861 g/mol. The van der Waals surface area contributed by atoms with E-state index in [1.165, 1.54) is 70.4 Å². The van der Waals surface area contributed by atoms with Gasteiger partial charge >= 0.3 is 27.0 Å². The normalized spacial score (nSPS) is 17.0. The van der Waals surface area contributed by atoms with E-state index in [0.717, 1.165) is 17.8 Å². The summed E-state index contributed by atoms with van der Waals surface area (Å²) in [7, 11) is 3.68. The van der Waals surface area contributed by atoms with Crippen molar-refractivity contribution in [1.29, 1.82) is 0 Å². The Labute approximate surface area is 346 Å². The van der Waals surface area contributed by atoms with Crippen molar-refractivity contribution in [1.82, 2.24) is 0 Å². The summed E-state index contributed by atoms with van der Waals surface area (Å²) in [5.41, 5.74) is 1.60. The first kappa shape index (κ1) is 41.0. The minimum Gasteiger partial charge on any atom is -0.0622 e. The van der Waals surface area contributed by atoms with E-state index in [9.17, 15) is 0 Å². The van der Waals surface area contributed by atoms with E-state index in [-0.39, 0.29) is 0 Å². The standard InChI is InChI=1S/2C18H15P.C15H20.ClH.Ru/c2*1-4-10-16(11-5-1)19(17-12-6-2-7-13-17)18-14-8-3-9-15-18;1-2-6-12(7-3-1)15-11-10-13-8-4-5-9-14(13)15;;/h2*1-15H;1-3,6-7,13-15H,4-5,8-11H2;1H;/q;;;;+1/p-1. The van der Waals surface area contributed by atoms with Gasteiger partial charge in [-0.2, -0.15) is 0 Å². The molecule has 2 aliphatic rings. The molecule has 0 radical (unpaired) electrons. The maximum atomic E-state index is 4.57. The molecule has 0 aromatic heterocycles. The molecule has 0 N–H and O–H groups in total. The summed E-state index contributed by atoms with van der Waals surface area (Å²) < 4.78 is 0. The molecule has 7 aromatic carbocycles. The van der Waals surface area contributed by atoms with Gasteiger partial charge < -0.3 is 0 Å². The van der Waals surface area contributed by atoms with E-state index in [4.69, 9.17) is 0 Å². The molecule has 0 amide bonds. The molecular formula is C51H50ClP2Ru. The van der Waals surface area contributed by atoms with Crippen molar-refractivity contribution in [2.75, 3.05) is 0 Å². The molecule has 0 bridgehead atoms. The van der Waals surface area contributed by atoms with Gasteiger partial charge in [0.25, 0.3) is 0 Å². The smallest absolute Gasteiger partial charge is 0.0131 e. The monoisotopic (exact) mass is 861 g/mol. The summed E-state index contributed by atoms with van der Waals surface area (Å²) in [6.07, 6.45) is 8.90. The van der Waals surface area contributed by atoms with Crippen LogP contribution in [0.25, 0.3) is 0 Å². The number of halogens is 1. The van der Waals surface area contributed by atoms with Crippen LogP contribution in [0.3, 0.4) is 0 Å². The SMILES string of the molecule is [Cl][Ru].c1ccc(C2CCC3CCCCC32)cc1.c1ccc(P(c2ccccc2)c2ccccc2)cc1.c1ccc(P(c2ccccc2)c2ccccc2)cc1. The van der Waals surface area contributed by atoms with Gasteiger partial charge in [-0.25, -0.2) is 0 Å². The molecule has 55 heavy (non-hydrogen) atoms. The van der Waals surface area contributed by atoms with Gasteiger partial charge in [-0.05, 0) is 90.3 Å². The Morgan fingerprint density at radius 3 is 0.909 bits per heavy atom. The van der Waals surface area contributed by atoms with E-state index in [1.807, 2.05) is 17.3 Å². The molecule has 2 aliphatic carbocycles. The second-order valence-electron chi connectivity index (χ2n) is 14.0. The van der Waals surface area contributed by atoms with Crippen LogP contribution in [0.5, 0.6) is 0 Å². The third-order valence-electron chi connectivity index (χ3n) is 10.6. The van der Waals surface area contributed by atoms with Gasteiger partial charge in [0.2, 0.25) is 0 Å².